The van der Waals surface area contributed by atoms with Crippen LogP contribution in [0.3, 0.4) is 0 Å². The molecule has 0 unspecified atom stereocenters. The highest BCUT2D eigenvalue weighted by molar-refractivity contribution is 5.77. The first kappa shape index (κ1) is 19.9. The molecule has 1 N–H and O–H groups in total. The van der Waals surface area contributed by atoms with Gasteiger partial charge in [-0.1, -0.05) is 25.1 Å². The summed E-state index contributed by atoms with van der Waals surface area (Å²) in [4.78, 5) is 22.7. The quantitative estimate of drug-likeness (QED) is 0.675. The van der Waals surface area contributed by atoms with Gasteiger partial charge in [-0.3, -0.25) is 9.78 Å². The Hall–Kier alpha value is -3.39. The van der Waals surface area contributed by atoms with E-state index < -0.39 is 0 Å². The molecule has 0 saturated heterocycles. The normalized spacial score (nSPS) is 13.9. The SMILES string of the molecule is CCC(=O)N1CC=C(c2cncc(-c3nnc(-c4ccc(CNC)cc4)o3)n2)CC1. The summed E-state index contributed by atoms with van der Waals surface area (Å²) >= 11 is 0. The first-order valence-electron chi connectivity index (χ1n) is 10.0. The van der Waals surface area contributed by atoms with Gasteiger partial charge in [-0.05, 0) is 36.7 Å². The third kappa shape index (κ3) is 4.28. The summed E-state index contributed by atoms with van der Waals surface area (Å²) in [5, 5.41) is 11.4. The minimum absolute atomic E-state index is 0.169. The van der Waals surface area contributed by atoms with Crippen molar-refractivity contribution in [3.05, 3.63) is 54.0 Å². The molecule has 8 nitrogen and oxygen atoms in total. The molecule has 0 radical (unpaired) electrons. The topological polar surface area (TPSA) is 97.0 Å². The Morgan fingerprint density at radius 2 is 1.90 bits per heavy atom. The zero-order valence-electron chi connectivity index (χ0n) is 17.1. The van der Waals surface area contributed by atoms with Gasteiger partial charge in [0.05, 0.1) is 18.1 Å². The van der Waals surface area contributed by atoms with Crippen LogP contribution < -0.4 is 5.32 Å². The van der Waals surface area contributed by atoms with E-state index in [4.69, 9.17) is 4.42 Å². The standard InChI is InChI=1S/C22H24N6O2/c1-3-20(29)28-10-8-16(9-11-28)18-13-24-14-19(25-18)22-27-26-21(30-22)17-6-4-15(5-7-17)12-23-2/h4-8,13-14,23H,3,9-12H2,1-2H3. The molecule has 0 aliphatic carbocycles. The van der Waals surface area contributed by atoms with Crippen molar-refractivity contribution in [3.63, 3.8) is 0 Å². The van der Waals surface area contributed by atoms with Gasteiger partial charge >= 0.3 is 0 Å². The van der Waals surface area contributed by atoms with Crippen molar-refractivity contribution in [2.75, 3.05) is 20.1 Å². The van der Waals surface area contributed by atoms with Crippen LogP contribution in [-0.4, -0.2) is 51.1 Å². The lowest BCUT2D eigenvalue weighted by Crippen LogP contribution is -2.34. The zero-order chi connectivity index (χ0) is 20.9. The van der Waals surface area contributed by atoms with Crippen LogP contribution in [0.5, 0.6) is 0 Å². The maximum absolute atomic E-state index is 11.9. The van der Waals surface area contributed by atoms with Crippen LogP contribution in [0.15, 0.2) is 47.2 Å². The number of nitrogens with zero attached hydrogens (tertiary/aromatic N) is 5. The molecule has 0 fully saturated rings. The number of hydrogen-bond acceptors (Lipinski definition) is 7. The van der Waals surface area contributed by atoms with Crippen molar-refractivity contribution in [3.8, 4) is 23.0 Å². The lowest BCUT2D eigenvalue weighted by atomic mass is 10.0. The van der Waals surface area contributed by atoms with Gasteiger partial charge in [0.25, 0.3) is 5.89 Å². The van der Waals surface area contributed by atoms with E-state index in [0.29, 0.717) is 37.0 Å². The monoisotopic (exact) mass is 404 g/mol. The Kier molecular flexibility index (Phi) is 5.94. The number of rotatable bonds is 6. The Morgan fingerprint density at radius 1 is 1.13 bits per heavy atom. The molecule has 3 aromatic rings. The molecule has 0 atom stereocenters. The molecule has 8 heteroatoms. The molecule has 1 aliphatic rings. The summed E-state index contributed by atoms with van der Waals surface area (Å²) in [6.07, 6.45) is 6.66. The Morgan fingerprint density at radius 3 is 2.60 bits per heavy atom. The number of carbonyl (C=O) groups excluding carboxylic acids is 1. The number of aromatic nitrogens is 4. The van der Waals surface area contributed by atoms with E-state index in [0.717, 1.165) is 29.8 Å². The van der Waals surface area contributed by atoms with Gasteiger partial charge in [0.15, 0.2) is 0 Å². The van der Waals surface area contributed by atoms with E-state index in [1.165, 1.54) is 5.56 Å². The van der Waals surface area contributed by atoms with Crippen molar-refractivity contribution >= 4 is 11.5 Å². The van der Waals surface area contributed by atoms with E-state index >= 15 is 0 Å². The Balaban J connectivity index is 1.52. The lowest BCUT2D eigenvalue weighted by Gasteiger charge is -2.25. The van der Waals surface area contributed by atoms with Gasteiger partial charge in [0.1, 0.15) is 5.69 Å². The van der Waals surface area contributed by atoms with Crippen LogP contribution in [0, 0.1) is 0 Å². The molecule has 154 valence electrons. The Labute approximate surface area is 175 Å². The fourth-order valence-corrected chi connectivity index (χ4v) is 3.39. The number of nitrogens with one attached hydrogen (secondary N) is 1. The van der Waals surface area contributed by atoms with Crippen LogP contribution in [0.1, 0.15) is 31.0 Å². The zero-order valence-corrected chi connectivity index (χ0v) is 17.1. The average molecular weight is 404 g/mol. The highest BCUT2D eigenvalue weighted by atomic mass is 16.4. The molecule has 0 bridgehead atoms. The van der Waals surface area contributed by atoms with Gasteiger partial charge in [0, 0.05) is 31.6 Å². The van der Waals surface area contributed by atoms with Crippen molar-refractivity contribution in [2.24, 2.45) is 0 Å². The number of hydrogen-bond donors (Lipinski definition) is 1. The van der Waals surface area contributed by atoms with Crippen LogP contribution in [0.2, 0.25) is 0 Å². The van der Waals surface area contributed by atoms with Crippen LogP contribution in [0.4, 0.5) is 0 Å². The van der Waals surface area contributed by atoms with Crippen molar-refractivity contribution in [2.45, 2.75) is 26.3 Å². The molecular weight excluding hydrogens is 380 g/mol. The molecule has 2 aromatic heterocycles. The first-order valence-corrected chi connectivity index (χ1v) is 10.0. The van der Waals surface area contributed by atoms with Crippen LogP contribution in [-0.2, 0) is 11.3 Å². The molecule has 1 amide bonds. The van der Waals surface area contributed by atoms with E-state index in [-0.39, 0.29) is 5.91 Å². The molecule has 0 spiro atoms. The molecular formula is C22H24N6O2. The molecule has 1 aromatic carbocycles. The molecule has 4 rings (SSSR count). The summed E-state index contributed by atoms with van der Waals surface area (Å²) in [7, 11) is 1.91. The third-order valence-electron chi connectivity index (χ3n) is 5.05. The molecule has 1 aliphatic heterocycles. The highest BCUT2D eigenvalue weighted by Crippen LogP contribution is 2.25. The summed E-state index contributed by atoms with van der Waals surface area (Å²) in [6.45, 7) is 3.98. The summed E-state index contributed by atoms with van der Waals surface area (Å²) in [6, 6.07) is 7.97. The minimum Gasteiger partial charge on any atom is -0.415 e. The van der Waals surface area contributed by atoms with Gasteiger partial charge in [0.2, 0.25) is 11.8 Å². The second-order valence-electron chi connectivity index (χ2n) is 7.10. The van der Waals surface area contributed by atoms with E-state index in [9.17, 15) is 4.79 Å². The fraction of sp³-hybridized carbons (Fsp3) is 0.318. The van der Waals surface area contributed by atoms with E-state index in [1.807, 2.05) is 49.2 Å². The smallest absolute Gasteiger partial charge is 0.268 e. The maximum Gasteiger partial charge on any atom is 0.268 e. The largest absolute Gasteiger partial charge is 0.415 e. The van der Waals surface area contributed by atoms with E-state index in [1.54, 1.807) is 12.4 Å². The predicted molar refractivity (Wildman–Crippen MR) is 113 cm³/mol. The van der Waals surface area contributed by atoms with E-state index in [2.05, 4.69) is 25.5 Å². The Bertz CT molecular complexity index is 1060. The number of carbonyl (C=O) groups is 1. The predicted octanol–water partition coefficient (Wildman–Crippen LogP) is 2.94. The van der Waals surface area contributed by atoms with Crippen molar-refractivity contribution in [1.82, 2.24) is 30.4 Å². The fourth-order valence-electron chi connectivity index (χ4n) is 3.39. The van der Waals surface area contributed by atoms with Gasteiger partial charge < -0.3 is 14.6 Å². The molecule has 30 heavy (non-hydrogen) atoms. The second kappa shape index (κ2) is 8.96. The van der Waals surface area contributed by atoms with Crippen LogP contribution >= 0.6 is 0 Å². The second-order valence-corrected chi connectivity index (χ2v) is 7.10. The first-order chi connectivity index (χ1) is 14.7. The molecule has 3 heterocycles. The summed E-state index contributed by atoms with van der Waals surface area (Å²) in [5.41, 5.74) is 4.41. The number of amides is 1. The van der Waals surface area contributed by atoms with Gasteiger partial charge in [-0.15, -0.1) is 10.2 Å². The highest BCUT2D eigenvalue weighted by Gasteiger charge is 2.19. The average Bonchev–Trinajstić information content (AvgIpc) is 3.30. The third-order valence-corrected chi connectivity index (χ3v) is 5.05. The lowest BCUT2D eigenvalue weighted by molar-refractivity contribution is -0.130. The summed E-state index contributed by atoms with van der Waals surface area (Å²) in [5.74, 6) is 0.944. The van der Waals surface area contributed by atoms with Gasteiger partial charge in [-0.25, -0.2) is 4.98 Å². The maximum atomic E-state index is 11.9. The summed E-state index contributed by atoms with van der Waals surface area (Å²) < 4.78 is 5.85. The van der Waals surface area contributed by atoms with Crippen molar-refractivity contribution < 1.29 is 9.21 Å². The number of benzene rings is 1. The molecule has 0 saturated carbocycles. The van der Waals surface area contributed by atoms with Gasteiger partial charge in [-0.2, -0.15) is 0 Å². The van der Waals surface area contributed by atoms with Crippen molar-refractivity contribution in [1.29, 1.82) is 0 Å². The van der Waals surface area contributed by atoms with Crippen LogP contribution in [0.25, 0.3) is 28.6 Å². The minimum atomic E-state index is 0.169.